The quantitative estimate of drug-likeness (QED) is 0.532. The Morgan fingerprint density at radius 1 is 1.36 bits per heavy atom. The van der Waals surface area contributed by atoms with Gasteiger partial charge in [0.15, 0.2) is 0 Å². The summed E-state index contributed by atoms with van der Waals surface area (Å²) in [7, 11) is 1.45. The van der Waals surface area contributed by atoms with Crippen molar-refractivity contribution in [3.05, 3.63) is 0 Å². The predicted octanol–water partition coefficient (Wildman–Crippen LogP) is 2.13. The number of unbranched alkanes of at least 4 members (excludes halogenated alkanes) is 2. The number of hydrogen-bond acceptors (Lipinski definition) is 3. The molecule has 0 saturated heterocycles. The van der Waals surface area contributed by atoms with Crippen LogP contribution in [0, 0.1) is 5.92 Å². The van der Waals surface area contributed by atoms with E-state index < -0.39 is 0 Å². The Kier molecular flexibility index (Phi) is 12.5. The molecule has 4 heteroatoms. The Labute approximate surface area is 92.8 Å². The van der Waals surface area contributed by atoms with Gasteiger partial charge in [0.25, 0.3) is 0 Å². The van der Waals surface area contributed by atoms with E-state index >= 15 is 0 Å². The van der Waals surface area contributed by atoms with Crippen molar-refractivity contribution in [1.29, 1.82) is 0 Å². The summed E-state index contributed by atoms with van der Waals surface area (Å²) in [5.41, 5.74) is 5.37. The predicted molar refractivity (Wildman–Crippen MR) is 60.6 cm³/mol. The van der Waals surface area contributed by atoms with E-state index in [1.165, 1.54) is 7.11 Å². The maximum absolute atomic E-state index is 11.2. The molecule has 0 aromatic rings. The molecular formula is C10H22ClNO2. The molecule has 0 rings (SSSR count). The van der Waals surface area contributed by atoms with Crippen molar-refractivity contribution in [1.82, 2.24) is 0 Å². The number of carbonyl (C=O) groups excluding carboxylic acids is 1. The molecule has 0 aliphatic heterocycles. The van der Waals surface area contributed by atoms with Gasteiger partial charge in [-0.15, -0.1) is 12.4 Å². The Balaban J connectivity index is 0. The lowest BCUT2D eigenvalue weighted by Crippen LogP contribution is -2.15. The highest BCUT2D eigenvalue weighted by Crippen LogP contribution is 2.14. The van der Waals surface area contributed by atoms with E-state index in [0.717, 1.165) is 38.6 Å². The Morgan fingerprint density at radius 3 is 2.43 bits per heavy atom. The lowest BCUT2D eigenvalue weighted by atomic mass is 9.99. The highest BCUT2D eigenvalue weighted by Gasteiger charge is 2.15. The number of methoxy groups -OCH3 is 1. The number of esters is 1. The second-order valence-corrected chi connectivity index (χ2v) is 3.27. The smallest absolute Gasteiger partial charge is 0.308 e. The summed E-state index contributed by atoms with van der Waals surface area (Å²) < 4.78 is 4.70. The largest absolute Gasteiger partial charge is 0.469 e. The van der Waals surface area contributed by atoms with Gasteiger partial charge in [-0.2, -0.15) is 0 Å². The average Bonchev–Trinajstić information content (AvgIpc) is 2.17. The van der Waals surface area contributed by atoms with Crippen molar-refractivity contribution in [3.8, 4) is 0 Å². The van der Waals surface area contributed by atoms with Crippen molar-refractivity contribution < 1.29 is 9.53 Å². The number of nitrogens with two attached hydrogens (primary N) is 1. The van der Waals surface area contributed by atoms with Crippen molar-refractivity contribution in [2.75, 3.05) is 13.7 Å². The molecule has 1 atom stereocenters. The fraction of sp³-hybridized carbons (Fsp3) is 0.900. The molecule has 0 amide bonds. The zero-order valence-corrected chi connectivity index (χ0v) is 9.94. The summed E-state index contributed by atoms with van der Waals surface area (Å²) in [4.78, 5) is 11.2. The van der Waals surface area contributed by atoms with E-state index in [4.69, 9.17) is 10.5 Å². The van der Waals surface area contributed by atoms with Gasteiger partial charge in [-0.1, -0.05) is 19.8 Å². The second kappa shape index (κ2) is 10.8. The third-order valence-electron chi connectivity index (χ3n) is 2.28. The van der Waals surface area contributed by atoms with E-state index in [2.05, 4.69) is 0 Å². The van der Waals surface area contributed by atoms with Crippen LogP contribution in [0.15, 0.2) is 0 Å². The van der Waals surface area contributed by atoms with Crippen molar-refractivity contribution in [2.45, 2.75) is 39.0 Å². The number of halogens is 1. The van der Waals surface area contributed by atoms with Gasteiger partial charge >= 0.3 is 5.97 Å². The molecule has 0 aliphatic carbocycles. The normalized spacial score (nSPS) is 11.6. The van der Waals surface area contributed by atoms with Crippen molar-refractivity contribution in [2.24, 2.45) is 11.7 Å². The first-order valence-electron chi connectivity index (χ1n) is 5.04. The summed E-state index contributed by atoms with van der Waals surface area (Å²) in [5, 5.41) is 0. The van der Waals surface area contributed by atoms with Crippen LogP contribution < -0.4 is 5.73 Å². The molecule has 2 N–H and O–H groups in total. The maximum atomic E-state index is 11.2. The maximum Gasteiger partial charge on any atom is 0.308 e. The molecule has 1 unspecified atom stereocenters. The highest BCUT2D eigenvalue weighted by atomic mass is 35.5. The van der Waals surface area contributed by atoms with Gasteiger partial charge in [-0.3, -0.25) is 4.79 Å². The van der Waals surface area contributed by atoms with Gasteiger partial charge in [-0.05, 0) is 25.8 Å². The molecule has 0 fully saturated rings. The van der Waals surface area contributed by atoms with Crippen LogP contribution in [0.2, 0.25) is 0 Å². The third kappa shape index (κ3) is 7.15. The lowest BCUT2D eigenvalue weighted by Gasteiger charge is -2.11. The molecule has 3 nitrogen and oxygen atoms in total. The molecule has 14 heavy (non-hydrogen) atoms. The zero-order valence-electron chi connectivity index (χ0n) is 9.12. The molecule has 0 spiro atoms. The molecule has 0 saturated carbocycles. The monoisotopic (exact) mass is 223 g/mol. The van der Waals surface area contributed by atoms with E-state index in [-0.39, 0.29) is 24.3 Å². The summed E-state index contributed by atoms with van der Waals surface area (Å²) >= 11 is 0. The van der Waals surface area contributed by atoms with Crippen LogP contribution in [-0.2, 0) is 9.53 Å². The summed E-state index contributed by atoms with van der Waals surface area (Å²) in [5.74, 6) is 0.0121. The topological polar surface area (TPSA) is 52.3 Å². The fourth-order valence-electron chi connectivity index (χ4n) is 1.37. The van der Waals surface area contributed by atoms with Gasteiger partial charge in [-0.25, -0.2) is 0 Å². The highest BCUT2D eigenvalue weighted by molar-refractivity contribution is 5.85. The molecule has 0 radical (unpaired) electrons. The minimum Gasteiger partial charge on any atom is -0.469 e. The summed E-state index contributed by atoms with van der Waals surface area (Å²) in [6.45, 7) is 2.76. The lowest BCUT2D eigenvalue weighted by molar-refractivity contribution is -0.145. The molecule has 0 aromatic heterocycles. The number of ether oxygens (including phenoxy) is 1. The van der Waals surface area contributed by atoms with Crippen LogP contribution in [0.4, 0.5) is 0 Å². The Bertz CT molecular complexity index is 142. The van der Waals surface area contributed by atoms with E-state index in [0.29, 0.717) is 0 Å². The first-order valence-corrected chi connectivity index (χ1v) is 5.04. The zero-order chi connectivity index (χ0) is 10.1. The average molecular weight is 224 g/mol. The van der Waals surface area contributed by atoms with Crippen molar-refractivity contribution >= 4 is 18.4 Å². The summed E-state index contributed by atoms with van der Waals surface area (Å²) in [6.07, 6.45) is 5.05. The Morgan fingerprint density at radius 2 is 2.00 bits per heavy atom. The molecule has 0 heterocycles. The van der Waals surface area contributed by atoms with Gasteiger partial charge in [0.2, 0.25) is 0 Å². The van der Waals surface area contributed by atoms with Crippen LogP contribution >= 0.6 is 12.4 Å². The summed E-state index contributed by atoms with van der Waals surface area (Å²) in [6, 6.07) is 0. The fourth-order valence-corrected chi connectivity index (χ4v) is 1.37. The second-order valence-electron chi connectivity index (χ2n) is 3.27. The Hall–Kier alpha value is -0.280. The number of hydrogen-bond donors (Lipinski definition) is 1. The first kappa shape index (κ1) is 16.2. The van der Waals surface area contributed by atoms with E-state index in [1.807, 2.05) is 6.92 Å². The number of rotatable bonds is 7. The molecular weight excluding hydrogens is 202 g/mol. The van der Waals surface area contributed by atoms with Crippen LogP contribution in [-0.4, -0.2) is 19.6 Å². The van der Waals surface area contributed by atoms with Crippen LogP contribution in [0.5, 0.6) is 0 Å². The van der Waals surface area contributed by atoms with Gasteiger partial charge in [0.1, 0.15) is 0 Å². The minimum atomic E-state index is -0.0738. The van der Waals surface area contributed by atoms with Gasteiger partial charge < -0.3 is 10.5 Å². The molecule has 0 aliphatic rings. The van der Waals surface area contributed by atoms with Crippen LogP contribution in [0.3, 0.4) is 0 Å². The molecule has 0 bridgehead atoms. The molecule has 86 valence electrons. The standard InChI is InChI=1S/C10H21NO2.ClH/c1-3-9(10(12)13-2)7-5-4-6-8-11;/h9H,3-8,11H2,1-2H3;1H. The first-order chi connectivity index (χ1) is 6.26. The molecule has 0 aromatic carbocycles. The third-order valence-corrected chi connectivity index (χ3v) is 2.28. The van der Waals surface area contributed by atoms with Crippen molar-refractivity contribution in [3.63, 3.8) is 0 Å². The van der Waals surface area contributed by atoms with Crippen LogP contribution in [0.1, 0.15) is 39.0 Å². The van der Waals surface area contributed by atoms with Gasteiger partial charge in [0, 0.05) is 0 Å². The number of carbonyl (C=O) groups is 1. The van der Waals surface area contributed by atoms with E-state index in [9.17, 15) is 4.79 Å². The minimum absolute atomic E-state index is 0. The SMILES string of the molecule is CCC(CCCCCN)C(=O)OC.Cl. The van der Waals surface area contributed by atoms with Gasteiger partial charge in [0.05, 0.1) is 13.0 Å². The van der Waals surface area contributed by atoms with E-state index in [1.54, 1.807) is 0 Å². The van der Waals surface area contributed by atoms with Crippen LogP contribution in [0.25, 0.3) is 0 Å².